The number of hydrogen-bond donors (Lipinski definition) is 1. The molecule has 0 spiro atoms. The van der Waals surface area contributed by atoms with Gasteiger partial charge < -0.3 is 10.2 Å². The molecule has 0 saturated heterocycles. The van der Waals surface area contributed by atoms with E-state index in [-0.39, 0.29) is 17.5 Å². The van der Waals surface area contributed by atoms with Gasteiger partial charge in [-0.1, -0.05) is 0 Å². The average Bonchev–Trinajstić information content (AvgIpc) is 2.83. The molecular formula is C14H23N5O. The maximum atomic E-state index is 12.1. The highest BCUT2D eigenvalue weighted by Gasteiger charge is 2.17. The lowest BCUT2D eigenvalue weighted by molar-refractivity contribution is 0.210. The molecule has 0 aliphatic carbocycles. The van der Waals surface area contributed by atoms with Crippen LogP contribution in [0, 0.1) is 17.2 Å². The van der Waals surface area contributed by atoms with Gasteiger partial charge in [0, 0.05) is 19.3 Å². The zero-order valence-electron chi connectivity index (χ0n) is 12.8. The Morgan fingerprint density at radius 1 is 1.60 bits per heavy atom. The first-order chi connectivity index (χ1) is 9.27. The Bertz CT molecular complexity index is 494. The standard InChI is InChI=1S/C14H23N5O/c1-6-18(9-11(2)7-15)13(20)17-12-8-16-19(10-12)14(3,4)5/h8,10-11H,6,9H2,1-5H3,(H,17,20)/t11-/m1/s1. The molecule has 2 amide bonds. The van der Waals surface area contributed by atoms with Gasteiger partial charge in [-0.05, 0) is 34.6 Å². The van der Waals surface area contributed by atoms with Crippen LogP contribution in [-0.4, -0.2) is 33.8 Å². The van der Waals surface area contributed by atoms with E-state index in [4.69, 9.17) is 5.26 Å². The molecule has 110 valence electrons. The van der Waals surface area contributed by atoms with Crippen LogP contribution in [0.15, 0.2) is 12.4 Å². The van der Waals surface area contributed by atoms with Crippen molar-refractivity contribution in [3.63, 3.8) is 0 Å². The quantitative estimate of drug-likeness (QED) is 0.919. The van der Waals surface area contributed by atoms with E-state index >= 15 is 0 Å². The van der Waals surface area contributed by atoms with Crippen molar-refractivity contribution >= 4 is 11.7 Å². The Balaban J connectivity index is 2.70. The van der Waals surface area contributed by atoms with E-state index < -0.39 is 0 Å². The summed E-state index contributed by atoms with van der Waals surface area (Å²) in [6.45, 7) is 10.8. The second kappa shape index (κ2) is 6.42. The Morgan fingerprint density at radius 2 is 2.25 bits per heavy atom. The van der Waals surface area contributed by atoms with Crippen molar-refractivity contribution in [2.45, 2.75) is 40.2 Å². The van der Waals surface area contributed by atoms with Gasteiger partial charge >= 0.3 is 6.03 Å². The van der Waals surface area contributed by atoms with Gasteiger partial charge in [-0.25, -0.2) is 4.79 Å². The normalized spacial score (nSPS) is 12.6. The molecule has 1 heterocycles. The maximum Gasteiger partial charge on any atom is 0.321 e. The van der Waals surface area contributed by atoms with E-state index in [1.54, 1.807) is 28.9 Å². The Hall–Kier alpha value is -2.03. The topological polar surface area (TPSA) is 74.0 Å². The summed E-state index contributed by atoms with van der Waals surface area (Å²) >= 11 is 0. The van der Waals surface area contributed by atoms with Crippen LogP contribution in [0.1, 0.15) is 34.6 Å². The molecule has 0 aromatic carbocycles. The SMILES string of the molecule is CCN(C[C@H](C)C#N)C(=O)Nc1cnn(C(C)(C)C)c1. The summed E-state index contributed by atoms with van der Waals surface area (Å²) in [5, 5.41) is 15.9. The van der Waals surface area contributed by atoms with Crippen LogP contribution in [0.25, 0.3) is 0 Å². The number of rotatable bonds is 4. The van der Waals surface area contributed by atoms with E-state index in [1.165, 1.54) is 0 Å². The van der Waals surface area contributed by atoms with Crippen molar-refractivity contribution in [1.29, 1.82) is 5.26 Å². The number of hydrogen-bond acceptors (Lipinski definition) is 3. The van der Waals surface area contributed by atoms with Gasteiger partial charge in [0.15, 0.2) is 0 Å². The molecule has 0 aliphatic rings. The molecule has 1 aromatic heterocycles. The van der Waals surface area contributed by atoms with Crippen molar-refractivity contribution < 1.29 is 4.79 Å². The molecule has 6 heteroatoms. The number of amides is 2. The van der Waals surface area contributed by atoms with Crippen LogP contribution in [0.4, 0.5) is 10.5 Å². The molecule has 1 N–H and O–H groups in total. The molecule has 0 bridgehead atoms. The summed E-state index contributed by atoms with van der Waals surface area (Å²) in [6.07, 6.45) is 3.43. The molecule has 0 saturated carbocycles. The third kappa shape index (κ3) is 4.26. The molecule has 1 rings (SSSR count). The Kier molecular flexibility index (Phi) is 5.14. The minimum Gasteiger partial charge on any atom is -0.324 e. The highest BCUT2D eigenvalue weighted by Crippen LogP contribution is 2.16. The number of aromatic nitrogens is 2. The second-order valence-corrected chi connectivity index (χ2v) is 5.84. The maximum absolute atomic E-state index is 12.1. The number of nitrogens with zero attached hydrogens (tertiary/aromatic N) is 4. The van der Waals surface area contributed by atoms with Crippen molar-refractivity contribution in [2.75, 3.05) is 18.4 Å². The third-order valence-electron chi connectivity index (χ3n) is 2.90. The third-order valence-corrected chi connectivity index (χ3v) is 2.90. The van der Waals surface area contributed by atoms with Gasteiger partial charge in [0.1, 0.15) is 0 Å². The first-order valence-corrected chi connectivity index (χ1v) is 6.78. The summed E-state index contributed by atoms with van der Waals surface area (Å²) in [5.74, 6) is -0.182. The first-order valence-electron chi connectivity index (χ1n) is 6.78. The van der Waals surface area contributed by atoms with Gasteiger partial charge in [0.05, 0.1) is 29.4 Å². The highest BCUT2D eigenvalue weighted by molar-refractivity contribution is 5.89. The molecule has 0 fully saturated rings. The second-order valence-electron chi connectivity index (χ2n) is 5.84. The zero-order valence-corrected chi connectivity index (χ0v) is 12.8. The van der Waals surface area contributed by atoms with Gasteiger partial charge in [-0.15, -0.1) is 0 Å². The average molecular weight is 277 g/mol. The van der Waals surface area contributed by atoms with Crippen LogP contribution in [0.5, 0.6) is 0 Å². The van der Waals surface area contributed by atoms with E-state index in [2.05, 4.69) is 16.5 Å². The first kappa shape index (κ1) is 16.0. The summed E-state index contributed by atoms with van der Waals surface area (Å²) < 4.78 is 1.80. The van der Waals surface area contributed by atoms with Gasteiger partial charge in [0.2, 0.25) is 0 Å². The van der Waals surface area contributed by atoms with E-state index in [9.17, 15) is 4.79 Å². The molecule has 1 aromatic rings. The fraction of sp³-hybridized carbons (Fsp3) is 0.643. The summed E-state index contributed by atoms with van der Waals surface area (Å²) in [7, 11) is 0. The van der Waals surface area contributed by atoms with Gasteiger partial charge in [-0.3, -0.25) is 4.68 Å². The molecule has 0 radical (unpaired) electrons. The highest BCUT2D eigenvalue weighted by atomic mass is 16.2. The number of carbonyl (C=O) groups is 1. The molecule has 0 aliphatic heterocycles. The summed E-state index contributed by atoms with van der Waals surface area (Å²) in [4.78, 5) is 13.7. The van der Waals surface area contributed by atoms with Crippen LogP contribution in [-0.2, 0) is 5.54 Å². The van der Waals surface area contributed by atoms with Crippen molar-refractivity contribution in [3.8, 4) is 6.07 Å². The van der Waals surface area contributed by atoms with E-state index in [0.29, 0.717) is 18.8 Å². The molecule has 0 unspecified atom stereocenters. The molecule has 6 nitrogen and oxygen atoms in total. The van der Waals surface area contributed by atoms with Crippen LogP contribution in [0.3, 0.4) is 0 Å². The van der Waals surface area contributed by atoms with E-state index in [0.717, 1.165) is 0 Å². The van der Waals surface area contributed by atoms with Gasteiger partial charge in [0.25, 0.3) is 0 Å². The molecule has 20 heavy (non-hydrogen) atoms. The number of urea groups is 1. The monoisotopic (exact) mass is 277 g/mol. The Morgan fingerprint density at radius 3 is 2.70 bits per heavy atom. The largest absolute Gasteiger partial charge is 0.324 e. The lowest BCUT2D eigenvalue weighted by Crippen LogP contribution is -2.37. The van der Waals surface area contributed by atoms with E-state index in [1.807, 2.05) is 27.7 Å². The lowest BCUT2D eigenvalue weighted by Gasteiger charge is -2.22. The number of carbonyl (C=O) groups excluding carboxylic acids is 1. The summed E-state index contributed by atoms with van der Waals surface area (Å²) in [6, 6.07) is 1.93. The fourth-order valence-corrected chi connectivity index (χ4v) is 1.68. The number of nitriles is 1. The molecular weight excluding hydrogens is 254 g/mol. The number of anilines is 1. The smallest absolute Gasteiger partial charge is 0.321 e. The van der Waals surface area contributed by atoms with Crippen molar-refractivity contribution in [1.82, 2.24) is 14.7 Å². The van der Waals surface area contributed by atoms with Crippen LogP contribution in [0.2, 0.25) is 0 Å². The minimum atomic E-state index is -0.206. The van der Waals surface area contributed by atoms with Crippen molar-refractivity contribution in [2.24, 2.45) is 5.92 Å². The van der Waals surface area contributed by atoms with Crippen molar-refractivity contribution in [3.05, 3.63) is 12.4 Å². The van der Waals surface area contributed by atoms with Crippen LogP contribution >= 0.6 is 0 Å². The predicted octanol–water partition coefficient (Wildman–Crippen LogP) is 2.65. The summed E-state index contributed by atoms with van der Waals surface area (Å²) in [5.41, 5.74) is 0.538. The van der Waals surface area contributed by atoms with Gasteiger partial charge in [-0.2, -0.15) is 10.4 Å². The zero-order chi connectivity index (χ0) is 15.3. The lowest BCUT2D eigenvalue weighted by atomic mass is 10.1. The number of nitrogens with one attached hydrogen (secondary N) is 1. The van der Waals surface area contributed by atoms with Crippen LogP contribution < -0.4 is 5.32 Å². The fourth-order valence-electron chi connectivity index (χ4n) is 1.68. The minimum absolute atomic E-state index is 0.122. The predicted molar refractivity (Wildman–Crippen MR) is 78.3 cm³/mol. The Labute approximate surface area is 120 Å². The molecule has 1 atom stereocenters.